The minimum Gasteiger partial charge on any atom is -0.478 e. The average Bonchev–Trinajstić information content (AvgIpc) is 2.39. The number of benzene rings is 1. The first-order valence-corrected chi connectivity index (χ1v) is 7.01. The Morgan fingerprint density at radius 2 is 2.32 bits per heavy atom. The molecule has 3 N–H and O–H groups in total. The van der Waals surface area contributed by atoms with Gasteiger partial charge in [-0.25, -0.2) is 0 Å². The van der Waals surface area contributed by atoms with E-state index in [1.54, 1.807) is 13.0 Å². The van der Waals surface area contributed by atoms with Gasteiger partial charge >= 0.3 is 0 Å². The summed E-state index contributed by atoms with van der Waals surface area (Å²) in [5.74, 6) is 0.264. The predicted molar refractivity (Wildman–Crippen MR) is 81.7 cm³/mol. The van der Waals surface area contributed by atoms with Crippen molar-refractivity contribution in [3.05, 3.63) is 21.3 Å². The molecule has 1 aromatic rings. The normalized spacial score (nSPS) is 11.5. The number of carbonyl (C=O) groups excluding carboxylic acids is 1. The average molecular weight is 373 g/mol. The number of carbonyl (C=O) groups is 1. The third kappa shape index (κ3) is 4.28. The van der Waals surface area contributed by atoms with Crippen molar-refractivity contribution in [3.63, 3.8) is 0 Å². The molecule has 0 aromatic heterocycles. The van der Waals surface area contributed by atoms with E-state index in [2.05, 4.69) is 5.32 Å². The van der Waals surface area contributed by atoms with Gasteiger partial charge < -0.3 is 15.8 Å². The smallest absolute Gasteiger partial charge is 0.260 e. The minimum atomic E-state index is -0.629. The molecule has 0 saturated heterocycles. The summed E-state index contributed by atoms with van der Waals surface area (Å²) in [6, 6.07) is 5.23. The molecule has 6 heteroatoms. The maximum atomic E-state index is 11.7. The van der Waals surface area contributed by atoms with Crippen LogP contribution in [0.4, 0.5) is 5.69 Å². The Morgan fingerprint density at radius 1 is 1.63 bits per heavy atom. The molecule has 0 aliphatic carbocycles. The highest BCUT2D eigenvalue weighted by Crippen LogP contribution is 2.30. The van der Waals surface area contributed by atoms with E-state index in [1.807, 2.05) is 35.6 Å². The molecule has 0 aliphatic heterocycles. The zero-order chi connectivity index (χ0) is 14.4. The van der Waals surface area contributed by atoms with Crippen LogP contribution in [-0.4, -0.2) is 18.6 Å². The first-order chi connectivity index (χ1) is 8.99. The van der Waals surface area contributed by atoms with Crippen molar-refractivity contribution < 1.29 is 9.53 Å². The lowest BCUT2D eigenvalue weighted by Gasteiger charge is -2.17. The van der Waals surface area contributed by atoms with Crippen LogP contribution in [0.15, 0.2) is 12.1 Å². The summed E-state index contributed by atoms with van der Waals surface area (Å²) in [6.07, 6.45) is 0.241. The van der Waals surface area contributed by atoms with Crippen molar-refractivity contribution in [1.29, 1.82) is 5.26 Å². The number of nitrogen functional groups attached to an aromatic ring is 1. The van der Waals surface area contributed by atoms with Crippen LogP contribution in [-0.2, 0) is 4.79 Å². The fraction of sp³-hybridized carbons (Fsp3) is 0.385. The summed E-state index contributed by atoms with van der Waals surface area (Å²) >= 11 is 2.03. The van der Waals surface area contributed by atoms with Gasteiger partial charge in [0.2, 0.25) is 0 Å². The summed E-state index contributed by atoms with van der Waals surface area (Å²) in [5, 5.41) is 11.6. The monoisotopic (exact) mass is 373 g/mol. The fourth-order valence-electron chi connectivity index (χ4n) is 1.43. The standard InChI is InChI=1S/C13H16IN3O2/c1-3-4-17-13(18)8(2)19-12-10(14)5-9(7-15)6-11(12)16/h5-6,8H,3-4,16H2,1-2H3,(H,17,18). The minimum absolute atomic E-state index is 0.179. The van der Waals surface area contributed by atoms with Gasteiger partial charge in [0, 0.05) is 6.54 Å². The van der Waals surface area contributed by atoms with E-state index in [4.69, 9.17) is 15.7 Å². The van der Waals surface area contributed by atoms with Crippen LogP contribution in [0.5, 0.6) is 5.75 Å². The largest absolute Gasteiger partial charge is 0.478 e. The molecule has 0 spiro atoms. The lowest BCUT2D eigenvalue weighted by atomic mass is 10.2. The molecule has 1 amide bonds. The molecule has 0 radical (unpaired) electrons. The Morgan fingerprint density at radius 3 is 2.84 bits per heavy atom. The van der Waals surface area contributed by atoms with Gasteiger partial charge in [0.25, 0.3) is 5.91 Å². The Kier molecular flexibility index (Phi) is 5.89. The van der Waals surface area contributed by atoms with Crippen LogP contribution >= 0.6 is 22.6 Å². The second-order valence-electron chi connectivity index (χ2n) is 4.04. The molecule has 0 heterocycles. The Labute approximate surface area is 126 Å². The summed E-state index contributed by atoms with van der Waals surface area (Å²) in [6.45, 7) is 4.26. The highest BCUT2D eigenvalue weighted by atomic mass is 127. The summed E-state index contributed by atoms with van der Waals surface area (Å²) < 4.78 is 6.29. The van der Waals surface area contributed by atoms with Crippen molar-refractivity contribution in [2.75, 3.05) is 12.3 Å². The molecule has 102 valence electrons. The van der Waals surface area contributed by atoms with Gasteiger partial charge in [-0.2, -0.15) is 5.26 Å². The molecule has 1 aromatic carbocycles. The number of ether oxygens (including phenoxy) is 1. The van der Waals surface area contributed by atoms with Gasteiger partial charge in [-0.1, -0.05) is 6.92 Å². The van der Waals surface area contributed by atoms with Crippen LogP contribution in [0.2, 0.25) is 0 Å². The number of nitrogens with one attached hydrogen (secondary N) is 1. The van der Waals surface area contributed by atoms with Gasteiger partial charge in [0.05, 0.1) is 20.9 Å². The Hall–Kier alpha value is -1.49. The van der Waals surface area contributed by atoms with Crippen LogP contribution < -0.4 is 15.8 Å². The number of nitrogens with zero attached hydrogens (tertiary/aromatic N) is 1. The van der Waals surface area contributed by atoms with E-state index in [0.717, 1.165) is 6.42 Å². The number of nitrogens with two attached hydrogens (primary N) is 1. The lowest BCUT2D eigenvalue weighted by Crippen LogP contribution is -2.36. The van der Waals surface area contributed by atoms with E-state index >= 15 is 0 Å². The third-order valence-electron chi connectivity index (χ3n) is 2.41. The van der Waals surface area contributed by atoms with Crippen LogP contribution in [0.1, 0.15) is 25.8 Å². The van der Waals surface area contributed by atoms with E-state index < -0.39 is 6.10 Å². The Bertz CT molecular complexity index is 488. The molecule has 0 fully saturated rings. The summed E-state index contributed by atoms with van der Waals surface area (Å²) in [5.41, 5.74) is 6.66. The summed E-state index contributed by atoms with van der Waals surface area (Å²) in [7, 11) is 0. The van der Waals surface area contributed by atoms with E-state index in [0.29, 0.717) is 27.1 Å². The number of amides is 1. The van der Waals surface area contributed by atoms with Crippen molar-refractivity contribution >= 4 is 34.2 Å². The number of hydrogen-bond acceptors (Lipinski definition) is 4. The maximum absolute atomic E-state index is 11.7. The maximum Gasteiger partial charge on any atom is 0.260 e. The van der Waals surface area contributed by atoms with E-state index in [9.17, 15) is 4.79 Å². The molecular weight excluding hydrogens is 357 g/mol. The van der Waals surface area contributed by atoms with Gasteiger partial charge in [0.15, 0.2) is 11.9 Å². The van der Waals surface area contributed by atoms with Crippen LogP contribution in [0.25, 0.3) is 0 Å². The lowest BCUT2D eigenvalue weighted by molar-refractivity contribution is -0.127. The quantitative estimate of drug-likeness (QED) is 0.611. The second-order valence-corrected chi connectivity index (χ2v) is 5.20. The van der Waals surface area contributed by atoms with E-state index in [-0.39, 0.29) is 5.91 Å². The van der Waals surface area contributed by atoms with Crippen molar-refractivity contribution in [3.8, 4) is 11.8 Å². The highest BCUT2D eigenvalue weighted by Gasteiger charge is 2.17. The van der Waals surface area contributed by atoms with Crippen molar-refractivity contribution in [2.45, 2.75) is 26.4 Å². The first-order valence-electron chi connectivity index (χ1n) is 5.93. The molecule has 0 saturated carbocycles. The molecule has 5 nitrogen and oxygen atoms in total. The zero-order valence-corrected chi connectivity index (χ0v) is 13.0. The van der Waals surface area contributed by atoms with Gasteiger partial charge in [-0.15, -0.1) is 0 Å². The van der Waals surface area contributed by atoms with Crippen LogP contribution in [0.3, 0.4) is 0 Å². The van der Waals surface area contributed by atoms with Gasteiger partial charge in [0.1, 0.15) is 0 Å². The number of anilines is 1. The molecule has 19 heavy (non-hydrogen) atoms. The molecule has 1 rings (SSSR count). The zero-order valence-electron chi connectivity index (χ0n) is 10.9. The molecule has 0 aliphatic rings. The predicted octanol–water partition coefficient (Wildman–Crippen LogP) is 2.04. The van der Waals surface area contributed by atoms with Crippen molar-refractivity contribution in [2.24, 2.45) is 0 Å². The number of hydrogen-bond donors (Lipinski definition) is 2. The van der Waals surface area contributed by atoms with Gasteiger partial charge in [-0.3, -0.25) is 4.79 Å². The highest BCUT2D eigenvalue weighted by molar-refractivity contribution is 14.1. The Balaban J connectivity index is 2.83. The summed E-state index contributed by atoms with van der Waals surface area (Å²) in [4.78, 5) is 11.7. The second kappa shape index (κ2) is 7.19. The number of nitriles is 1. The van der Waals surface area contributed by atoms with E-state index in [1.165, 1.54) is 6.07 Å². The van der Waals surface area contributed by atoms with Crippen molar-refractivity contribution in [1.82, 2.24) is 5.32 Å². The SMILES string of the molecule is CCCNC(=O)C(C)Oc1c(N)cc(C#N)cc1I. The third-order valence-corrected chi connectivity index (χ3v) is 3.22. The molecule has 0 bridgehead atoms. The number of rotatable bonds is 5. The van der Waals surface area contributed by atoms with Gasteiger partial charge in [-0.05, 0) is 48.1 Å². The fourth-order valence-corrected chi connectivity index (χ4v) is 2.20. The molecular formula is C13H16IN3O2. The number of halogens is 1. The first kappa shape index (κ1) is 15.6. The topological polar surface area (TPSA) is 88.1 Å². The molecule has 1 atom stereocenters. The molecule has 1 unspecified atom stereocenters. The van der Waals surface area contributed by atoms with Crippen LogP contribution in [0, 0.1) is 14.9 Å².